The third kappa shape index (κ3) is 2.86. The van der Waals surface area contributed by atoms with Crippen LogP contribution in [0.2, 0.25) is 0 Å². The number of hydrogen-bond donors (Lipinski definition) is 3. The fraction of sp³-hybridized carbons (Fsp3) is 0.125. The lowest BCUT2D eigenvalue weighted by atomic mass is 10.2. The molecular formula is C16H16N4O. The van der Waals surface area contributed by atoms with Gasteiger partial charge < -0.3 is 15.3 Å². The number of hydrogen-bond acceptors (Lipinski definition) is 2. The van der Waals surface area contributed by atoms with Crippen LogP contribution >= 0.6 is 0 Å². The average Bonchev–Trinajstić information content (AvgIpc) is 3.20. The highest BCUT2D eigenvalue weighted by Crippen LogP contribution is 2.18. The number of benzene rings is 1. The zero-order valence-corrected chi connectivity index (χ0v) is 11.6. The molecule has 2 aromatic heterocycles. The molecule has 5 nitrogen and oxygen atoms in total. The van der Waals surface area contributed by atoms with Gasteiger partial charge in [-0.3, -0.25) is 4.79 Å². The predicted octanol–water partition coefficient (Wildman–Crippen LogP) is 2.90. The summed E-state index contributed by atoms with van der Waals surface area (Å²) in [5, 5.41) is 2.90. The van der Waals surface area contributed by atoms with E-state index in [4.69, 9.17) is 0 Å². The maximum absolute atomic E-state index is 12.0. The van der Waals surface area contributed by atoms with Gasteiger partial charge in [0.05, 0.1) is 17.9 Å². The zero-order valence-electron chi connectivity index (χ0n) is 11.6. The van der Waals surface area contributed by atoms with Crippen molar-refractivity contribution in [2.45, 2.75) is 13.0 Å². The molecule has 0 aliphatic heterocycles. The number of amides is 1. The van der Waals surface area contributed by atoms with Crippen LogP contribution in [0.1, 0.15) is 29.3 Å². The first-order chi connectivity index (χ1) is 10.2. The summed E-state index contributed by atoms with van der Waals surface area (Å²) in [6, 6.07) is 13.3. The van der Waals surface area contributed by atoms with Gasteiger partial charge in [0, 0.05) is 6.20 Å². The third-order valence-electron chi connectivity index (χ3n) is 3.28. The standard InChI is InChI=1S/C16H16N4O/c1-11(19-16(21)13-8-5-9-17-13)15-18-10-14(20-15)12-6-3-2-4-7-12/h2-11,17H,1H3,(H,18,20)(H,19,21)/t11-/m1/s1. The number of imidazole rings is 1. The number of carbonyl (C=O) groups excluding carboxylic acids is 1. The summed E-state index contributed by atoms with van der Waals surface area (Å²) < 4.78 is 0. The number of aromatic nitrogens is 3. The summed E-state index contributed by atoms with van der Waals surface area (Å²) in [6.45, 7) is 1.90. The van der Waals surface area contributed by atoms with Crippen molar-refractivity contribution < 1.29 is 4.79 Å². The Morgan fingerprint density at radius 2 is 2.00 bits per heavy atom. The molecule has 3 aromatic rings. The van der Waals surface area contributed by atoms with Crippen LogP contribution in [0.3, 0.4) is 0 Å². The molecule has 0 saturated carbocycles. The Hall–Kier alpha value is -2.82. The van der Waals surface area contributed by atoms with Crippen LogP contribution in [0.25, 0.3) is 11.3 Å². The fourth-order valence-corrected chi connectivity index (χ4v) is 2.14. The van der Waals surface area contributed by atoms with Crippen molar-refractivity contribution in [3.8, 4) is 11.3 Å². The Balaban J connectivity index is 1.73. The number of aromatic amines is 2. The maximum atomic E-state index is 12.0. The average molecular weight is 280 g/mol. The van der Waals surface area contributed by atoms with Gasteiger partial charge in [0.15, 0.2) is 0 Å². The molecule has 2 heterocycles. The molecule has 0 saturated heterocycles. The Morgan fingerprint density at radius 1 is 1.19 bits per heavy atom. The van der Waals surface area contributed by atoms with E-state index in [2.05, 4.69) is 20.3 Å². The highest BCUT2D eigenvalue weighted by atomic mass is 16.1. The SMILES string of the molecule is C[C@@H](NC(=O)c1ccc[nH]1)c1ncc(-c2ccccc2)[nH]1. The lowest BCUT2D eigenvalue weighted by molar-refractivity contribution is 0.0934. The van der Waals surface area contributed by atoms with E-state index in [1.807, 2.05) is 37.3 Å². The van der Waals surface area contributed by atoms with Gasteiger partial charge in [-0.2, -0.15) is 0 Å². The van der Waals surface area contributed by atoms with E-state index in [1.54, 1.807) is 24.5 Å². The summed E-state index contributed by atoms with van der Waals surface area (Å²) >= 11 is 0. The number of rotatable bonds is 4. The molecule has 1 aromatic carbocycles. The van der Waals surface area contributed by atoms with E-state index in [0.29, 0.717) is 5.69 Å². The number of nitrogens with zero attached hydrogens (tertiary/aromatic N) is 1. The summed E-state index contributed by atoms with van der Waals surface area (Å²) in [5.74, 6) is 0.582. The molecule has 0 bridgehead atoms. The molecule has 3 rings (SSSR count). The Bertz CT molecular complexity index is 716. The smallest absolute Gasteiger partial charge is 0.268 e. The van der Waals surface area contributed by atoms with Crippen LogP contribution in [0.15, 0.2) is 54.9 Å². The summed E-state index contributed by atoms with van der Waals surface area (Å²) in [5.41, 5.74) is 2.54. The van der Waals surface area contributed by atoms with Gasteiger partial charge in [0.1, 0.15) is 11.5 Å². The molecule has 1 amide bonds. The molecule has 106 valence electrons. The molecule has 0 aliphatic rings. The number of H-pyrrole nitrogens is 2. The van der Waals surface area contributed by atoms with Gasteiger partial charge in [0.25, 0.3) is 5.91 Å². The molecule has 5 heteroatoms. The molecule has 0 aliphatic carbocycles. The van der Waals surface area contributed by atoms with Crippen LogP contribution < -0.4 is 5.32 Å². The second kappa shape index (κ2) is 5.66. The van der Waals surface area contributed by atoms with Crippen molar-refractivity contribution >= 4 is 5.91 Å². The lowest BCUT2D eigenvalue weighted by Crippen LogP contribution is -2.27. The van der Waals surface area contributed by atoms with Gasteiger partial charge in [-0.05, 0) is 24.6 Å². The van der Waals surface area contributed by atoms with Crippen LogP contribution in [-0.4, -0.2) is 20.9 Å². The molecule has 3 N–H and O–H groups in total. The highest BCUT2D eigenvalue weighted by molar-refractivity contribution is 5.92. The molecule has 0 spiro atoms. The van der Waals surface area contributed by atoms with E-state index >= 15 is 0 Å². The molecule has 0 unspecified atom stereocenters. The second-order valence-corrected chi connectivity index (χ2v) is 4.83. The topological polar surface area (TPSA) is 73.6 Å². The lowest BCUT2D eigenvalue weighted by Gasteiger charge is -2.10. The predicted molar refractivity (Wildman–Crippen MR) is 80.7 cm³/mol. The van der Waals surface area contributed by atoms with E-state index in [9.17, 15) is 4.79 Å². The fourth-order valence-electron chi connectivity index (χ4n) is 2.14. The number of nitrogens with one attached hydrogen (secondary N) is 3. The van der Waals surface area contributed by atoms with Gasteiger partial charge >= 0.3 is 0 Å². The minimum atomic E-state index is -0.196. The first-order valence-corrected chi connectivity index (χ1v) is 6.78. The van der Waals surface area contributed by atoms with Crippen LogP contribution in [0.5, 0.6) is 0 Å². The number of carbonyl (C=O) groups is 1. The molecule has 1 atom stereocenters. The summed E-state index contributed by atoms with van der Waals surface area (Å²) in [7, 11) is 0. The van der Waals surface area contributed by atoms with Crippen LogP contribution in [-0.2, 0) is 0 Å². The van der Waals surface area contributed by atoms with Gasteiger partial charge in [-0.1, -0.05) is 30.3 Å². The minimum Gasteiger partial charge on any atom is -0.357 e. The summed E-state index contributed by atoms with van der Waals surface area (Å²) in [6.07, 6.45) is 3.50. The van der Waals surface area contributed by atoms with Gasteiger partial charge in [-0.25, -0.2) is 4.98 Å². The summed E-state index contributed by atoms with van der Waals surface area (Å²) in [4.78, 5) is 22.5. The van der Waals surface area contributed by atoms with Crippen LogP contribution in [0.4, 0.5) is 0 Å². The second-order valence-electron chi connectivity index (χ2n) is 4.83. The van der Waals surface area contributed by atoms with Crippen molar-refractivity contribution in [3.63, 3.8) is 0 Å². The molecular weight excluding hydrogens is 264 g/mol. The van der Waals surface area contributed by atoms with Crippen molar-refractivity contribution in [3.05, 3.63) is 66.4 Å². The molecule has 0 fully saturated rings. The monoisotopic (exact) mass is 280 g/mol. The van der Waals surface area contributed by atoms with Crippen molar-refractivity contribution in [1.82, 2.24) is 20.3 Å². The minimum absolute atomic E-state index is 0.148. The quantitative estimate of drug-likeness (QED) is 0.687. The normalized spacial score (nSPS) is 12.0. The van der Waals surface area contributed by atoms with Crippen molar-refractivity contribution in [1.29, 1.82) is 0 Å². The first-order valence-electron chi connectivity index (χ1n) is 6.78. The van der Waals surface area contributed by atoms with Crippen molar-refractivity contribution in [2.75, 3.05) is 0 Å². The Morgan fingerprint density at radius 3 is 2.71 bits per heavy atom. The Labute approximate surface area is 122 Å². The largest absolute Gasteiger partial charge is 0.357 e. The maximum Gasteiger partial charge on any atom is 0.268 e. The van der Waals surface area contributed by atoms with E-state index in [0.717, 1.165) is 17.1 Å². The van der Waals surface area contributed by atoms with Crippen molar-refractivity contribution in [2.24, 2.45) is 0 Å². The van der Waals surface area contributed by atoms with Crippen LogP contribution in [0, 0.1) is 0 Å². The van der Waals surface area contributed by atoms with Gasteiger partial charge in [0.2, 0.25) is 0 Å². The van der Waals surface area contributed by atoms with E-state index < -0.39 is 0 Å². The molecule has 0 radical (unpaired) electrons. The molecule has 21 heavy (non-hydrogen) atoms. The van der Waals surface area contributed by atoms with Gasteiger partial charge in [-0.15, -0.1) is 0 Å². The third-order valence-corrected chi connectivity index (χ3v) is 3.28. The highest BCUT2D eigenvalue weighted by Gasteiger charge is 2.14. The Kier molecular flexibility index (Phi) is 3.55. The first kappa shape index (κ1) is 13.2. The van der Waals surface area contributed by atoms with E-state index in [1.165, 1.54) is 0 Å². The van der Waals surface area contributed by atoms with E-state index in [-0.39, 0.29) is 11.9 Å². The zero-order chi connectivity index (χ0) is 14.7.